The van der Waals surface area contributed by atoms with E-state index < -0.39 is 0 Å². The van der Waals surface area contributed by atoms with Crippen molar-refractivity contribution >= 4 is 23.1 Å². The average molecular weight is 389 g/mol. The summed E-state index contributed by atoms with van der Waals surface area (Å²) >= 11 is 0. The van der Waals surface area contributed by atoms with E-state index in [1.165, 1.54) is 6.20 Å². The molecule has 0 fully saturated rings. The summed E-state index contributed by atoms with van der Waals surface area (Å²) in [6.45, 7) is 0.350. The zero-order valence-corrected chi connectivity index (χ0v) is 15.1. The monoisotopic (exact) mass is 389 g/mol. The molecule has 11 heteroatoms. The van der Waals surface area contributed by atoms with Gasteiger partial charge in [0.2, 0.25) is 5.65 Å². The largest absolute Gasteiger partial charge is 0.396 e. The molecule has 0 bridgehead atoms. The van der Waals surface area contributed by atoms with E-state index in [0.29, 0.717) is 41.2 Å². The second kappa shape index (κ2) is 6.87. The molecule has 0 aliphatic carbocycles. The molecule has 144 valence electrons. The Morgan fingerprint density at radius 1 is 1.21 bits per heavy atom. The zero-order valence-electron chi connectivity index (χ0n) is 15.1. The maximum atomic E-state index is 11.1. The highest BCUT2D eigenvalue weighted by Gasteiger charge is 2.16. The predicted octanol–water partition coefficient (Wildman–Crippen LogP) is 0.655. The minimum Gasteiger partial charge on any atom is -0.396 e. The molecule has 0 aliphatic rings. The van der Waals surface area contributed by atoms with E-state index in [2.05, 4.69) is 35.6 Å². The van der Waals surface area contributed by atoms with Gasteiger partial charge < -0.3 is 5.11 Å². The lowest BCUT2D eigenvalue weighted by Gasteiger charge is -2.07. The lowest BCUT2D eigenvalue weighted by molar-refractivity contribution is 0.112. The standard InChI is InChI=1S/C18H15N9O2/c28-4-3-14-16(12-5-19-20-6-12)23-17-18(22-14)27(25-24-17)9-11-1-2-15-13(10-29)7-21-26(15)8-11/h1-2,5-8,10,28H,3-4,9H2,(H,19,20). The molecule has 5 aromatic heterocycles. The van der Waals surface area contributed by atoms with E-state index >= 15 is 0 Å². The van der Waals surface area contributed by atoms with Gasteiger partial charge in [-0.15, -0.1) is 5.10 Å². The highest BCUT2D eigenvalue weighted by atomic mass is 16.3. The van der Waals surface area contributed by atoms with Gasteiger partial charge >= 0.3 is 0 Å². The molecular formula is C18H15N9O2. The molecule has 11 nitrogen and oxygen atoms in total. The molecular weight excluding hydrogens is 374 g/mol. The van der Waals surface area contributed by atoms with Crippen molar-refractivity contribution < 1.29 is 9.90 Å². The Labute approximate surface area is 163 Å². The molecule has 29 heavy (non-hydrogen) atoms. The molecule has 0 unspecified atom stereocenters. The summed E-state index contributed by atoms with van der Waals surface area (Å²) in [7, 11) is 0. The number of hydrogen-bond donors (Lipinski definition) is 2. The van der Waals surface area contributed by atoms with Crippen molar-refractivity contribution in [1.29, 1.82) is 0 Å². The van der Waals surface area contributed by atoms with Crippen LogP contribution < -0.4 is 0 Å². The Balaban J connectivity index is 1.55. The third-order valence-corrected chi connectivity index (χ3v) is 4.61. The number of nitrogens with zero attached hydrogens (tertiary/aromatic N) is 8. The fourth-order valence-corrected chi connectivity index (χ4v) is 3.23. The molecule has 5 aromatic rings. The van der Waals surface area contributed by atoms with Gasteiger partial charge in [-0.25, -0.2) is 19.2 Å². The maximum Gasteiger partial charge on any atom is 0.221 e. The molecule has 0 aromatic carbocycles. The number of carbonyl (C=O) groups excluding carboxylic acids is 1. The molecule has 0 spiro atoms. The van der Waals surface area contributed by atoms with Crippen molar-refractivity contribution in [2.45, 2.75) is 13.0 Å². The number of carbonyl (C=O) groups is 1. The van der Waals surface area contributed by atoms with Gasteiger partial charge in [0.25, 0.3) is 0 Å². The third kappa shape index (κ3) is 2.93. The van der Waals surface area contributed by atoms with E-state index in [9.17, 15) is 9.90 Å². The molecule has 0 saturated carbocycles. The number of rotatable bonds is 6. The number of pyridine rings is 1. The van der Waals surface area contributed by atoms with Crippen LogP contribution >= 0.6 is 0 Å². The van der Waals surface area contributed by atoms with Crippen LogP contribution in [0.25, 0.3) is 28.1 Å². The van der Waals surface area contributed by atoms with Gasteiger partial charge in [0.15, 0.2) is 11.9 Å². The SMILES string of the molecule is O=Cc1cnn2cc(Cn3nnc4nc(-c5cn[nH]c5)c(CCO)nc43)ccc12. The molecule has 0 saturated heterocycles. The van der Waals surface area contributed by atoms with E-state index in [1.807, 2.05) is 18.3 Å². The minimum atomic E-state index is -0.0539. The van der Waals surface area contributed by atoms with Crippen molar-refractivity contribution in [2.24, 2.45) is 0 Å². The first-order valence-electron chi connectivity index (χ1n) is 8.88. The molecule has 0 radical (unpaired) electrons. The summed E-state index contributed by atoms with van der Waals surface area (Å²) in [6.07, 6.45) is 7.85. The number of aromatic amines is 1. The van der Waals surface area contributed by atoms with Gasteiger partial charge in [-0.05, 0) is 11.6 Å². The first-order valence-corrected chi connectivity index (χ1v) is 8.88. The van der Waals surface area contributed by atoms with Crippen LogP contribution in [0.15, 0.2) is 36.9 Å². The highest BCUT2D eigenvalue weighted by Crippen LogP contribution is 2.22. The summed E-state index contributed by atoms with van der Waals surface area (Å²) in [4.78, 5) is 20.3. The number of hydrogen-bond acceptors (Lipinski definition) is 8. The Kier molecular flexibility index (Phi) is 4.06. The van der Waals surface area contributed by atoms with Gasteiger partial charge in [0.1, 0.15) is 0 Å². The molecule has 0 amide bonds. The van der Waals surface area contributed by atoms with Gasteiger partial charge in [-0.2, -0.15) is 10.2 Å². The van der Waals surface area contributed by atoms with Crippen LogP contribution in [-0.2, 0) is 13.0 Å². The number of aliphatic hydroxyl groups excluding tert-OH is 1. The van der Waals surface area contributed by atoms with Crippen LogP contribution in [0.1, 0.15) is 21.6 Å². The second-order valence-electron chi connectivity index (χ2n) is 6.46. The van der Waals surface area contributed by atoms with Gasteiger partial charge in [-0.3, -0.25) is 9.89 Å². The Hall–Kier alpha value is -3.99. The van der Waals surface area contributed by atoms with E-state index in [4.69, 9.17) is 0 Å². The van der Waals surface area contributed by atoms with Crippen LogP contribution in [-0.4, -0.2) is 62.8 Å². The van der Waals surface area contributed by atoms with E-state index in [-0.39, 0.29) is 6.61 Å². The number of H-pyrrole nitrogens is 1. The summed E-state index contributed by atoms with van der Waals surface area (Å²) in [5.41, 5.74) is 5.15. The predicted molar refractivity (Wildman–Crippen MR) is 101 cm³/mol. The maximum absolute atomic E-state index is 11.1. The van der Waals surface area contributed by atoms with Crippen LogP contribution in [0.2, 0.25) is 0 Å². The summed E-state index contributed by atoms with van der Waals surface area (Å²) in [5, 5.41) is 28.7. The van der Waals surface area contributed by atoms with Crippen LogP contribution in [0.3, 0.4) is 0 Å². The summed E-state index contributed by atoms with van der Waals surface area (Å²) in [5.74, 6) is 0. The van der Waals surface area contributed by atoms with Crippen molar-refractivity contribution in [2.75, 3.05) is 6.61 Å². The van der Waals surface area contributed by atoms with Crippen LogP contribution in [0, 0.1) is 0 Å². The Bertz CT molecular complexity index is 1320. The van der Waals surface area contributed by atoms with Gasteiger partial charge in [0.05, 0.1) is 41.4 Å². The second-order valence-corrected chi connectivity index (χ2v) is 6.46. The summed E-state index contributed by atoms with van der Waals surface area (Å²) < 4.78 is 3.30. The Morgan fingerprint density at radius 2 is 2.14 bits per heavy atom. The quantitative estimate of drug-likeness (QED) is 0.404. The van der Waals surface area contributed by atoms with E-state index in [0.717, 1.165) is 22.9 Å². The van der Waals surface area contributed by atoms with E-state index in [1.54, 1.807) is 21.6 Å². The molecule has 5 heterocycles. The smallest absolute Gasteiger partial charge is 0.221 e. The van der Waals surface area contributed by atoms with Gasteiger partial charge in [-0.1, -0.05) is 11.3 Å². The number of aliphatic hydroxyl groups is 1. The fraction of sp³-hybridized carbons (Fsp3) is 0.167. The molecule has 2 N–H and O–H groups in total. The minimum absolute atomic E-state index is 0.0539. The van der Waals surface area contributed by atoms with Crippen molar-refractivity contribution in [3.63, 3.8) is 0 Å². The van der Waals surface area contributed by atoms with Crippen molar-refractivity contribution in [1.82, 2.24) is 44.8 Å². The number of aromatic nitrogens is 9. The van der Waals surface area contributed by atoms with Crippen LogP contribution in [0.5, 0.6) is 0 Å². The Morgan fingerprint density at radius 3 is 2.93 bits per heavy atom. The fourth-order valence-electron chi connectivity index (χ4n) is 3.23. The van der Waals surface area contributed by atoms with Crippen molar-refractivity contribution in [3.8, 4) is 11.3 Å². The number of nitrogens with one attached hydrogen (secondary N) is 1. The normalized spacial score (nSPS) is 11.5. The molecule has 5 rings (SSSR count). The zero-order chi connectivity index (χ0) is 19.8. The topological polar surface area (TPSA) is 140 Å². The molecule has 0 atom stereocenters. The summed E-state index contributed by atoms with van der Waals surface area (Å²) in [6, 6.07) is 3.74. The lowest BCUT2D eigenvalue weighted by atomic mass is 10.1. The van der Waals surface area contributed by atoms with Gasteiger partial charge in [0, 0.05) is 31.0 Å². The third-order valence-electron chi connectivity index (χ3n) is 4.61. The first kappa shape index (κ1) is 17.1. The first-order chi connectivity index (χ1) is 14.3. The average Bonchev–Trinajstić information content (AvgIpc) is 3.47. The van der Waals surface area contributed by atoms with Crippen molar-refractivity contribution in [3.05, 3.63) is 53.7 Å². The van der Waals surface area contributed by atoms with Crippen LogP contribution in [0.4, 0.5) is 0 Å². The number of fused-ring (bicyclic) bond motifs is 2. The lowest BCUT2D eigenvalue weighted by Crippen LogP contribution is -2.07. The highest BCUT2D eigenvalue weighted by molar-refractivity contribution is 5.85. The molecule has 0 aliphatic heterocycles. The number of aldehydes is 1.